The van der Waals surface area contributed by atoms with Gasteiger partial charge in [0, 0.05) is 50.6 Å². The molecule has 0 unspecified atom stereocenters. The third kappa shape index (κ3) is 5.05. The molecular weight excluding hydrogens is 444 g/mol. The summed E-state index contributed by atoms with van der Waals surface area (Å²) in [5, 5.41) is 28.5. The molecule has 3 aromatic rings. The van der Waals surface area contributed by atoms with Gasteiger partial charge in [0.1, 0.15) is 16.7 Å². The Hall–Kier alpha value is -3.71. The fourth-order valence-corrected chi connectivity index (χ4v) is 4.96. The summed E-state index contributed by atoms with van der Waals surface area (Å²) in [5.41, 5.74) is 2.12. The molecule has 2 fully saturated rings. The van der Waals surface area contributed by atoms with Crippen molar-refractivity contribution in [2.45, 2.75) is 32.1 Å². The Kier molecular flexibility index (Phi) is 6.77. The van der Waals surface area contributed by atoms with E-state index in [0.29, 0.717) is 40.9 Å². The highest BCUT2D eigenvalue weighted by molar-refractivity contribution is 5.90. The fourth-order valence-electron chi connectivity index (χ4n) is 4.96. The molecule has 0 spiro atoms. The minimum atomic E-state index is -0.340. The number of nitrogens with one attached hydrogen (secondary N) is 2. The summed E-state index contributed by atoms with van der Waals surface area (Å²) in [5.74, 6) is 1.82. The van der Waals surface area contributed by atoms with Crippen LogP contribution in [0.25, 0.3) is 10.9 Å². The summed E-state index contributed by atoms with van der Waals surface area (Å²) in [6, 6.07) is 10.4. The molecule has 0 atom stereocenters. The van der Waals surface area contributed by atoms with E-state index < -0.39 is 0 Å². The van der Waals surface area contributed by atoms with Crippen molar-refractivity contribution in [3.05, 3.63) is 40.8 Å². The van der Waals surface area contributed by atoms with Crippen LogP contribution >= 0.6 is 0 Å². The van der Waals surface area contributed by atoms with Crippen molar-refractivity contribution in [3.63, 3.8) is 0 Å². The first-order valence-corrected chi connectivity index (χ1v) is 12.2. The van der Waals surface area contributed by atoms with Crippen molar-refractivity contribution >= 4 is 34.0 Å². The molecule has 35 heavy (non-hydrogen) atoms. The Morgan fingerprint density at radius 3 is 2.40 bits per heavy atom. The molecule has 4 heterocycles. The molecule has 0 saturated carbocycles. The van der Waals surface area contributed by atoms with Gasteiger partial charge in [0.25, 0.3) is 5.56 Å². The summed E-state index contributed by atoms with van der Waals surface area (Å²) in [7, 11) is 0. The molecule has 2 aliphatic rings. The van der Waals surface area contributed by atoms with E-state index in [-0.39, 0.29) is 12.2 Å². The summed E-state index contributed by atoms with van der Waals surface area (Å²) >= 11 is 0. The van der Waals surface area contributed by atoms with Crippen molar-refractivity contribution in [1.29, 1.82) is 5.26 Å². The fraction of sp³-hybridized carbons (Fsp3) is 0.480. The maximum Gasteiger partial charge on any atom is 0.277 e. The maximum absolute atomic E-state index is 12.6. The maximum atomic E-state index is 12.6. The highest BCUT2D eigenvalue weighted by Gasteiger charge is 2.23. The van der Waals surface area contributed by atoms with E-state index in [1.165, 1.54) is 0 Å². The molecule has 0 amide bonds. The van der Waals surface area contributed by atoms with Gasteiger partial charge in [-0.25, -0.2) is 10.1 Å². The predicted molar refractivity (Wildman–Crippen MR) is 135 cm³/mol. The third-order valence-corrected chi connectivity index (χ3v) is 7.15. The number of benzene rings is 1. The van der Waals surface area contributed by atoms with Crippen LogP contribution in [0.1, 0.15) is 32.1 Å². The third-order valence-electron chi connectivity index (χ3n) is 7.15. The molecule has 3 N–H and O–H groups in total. The summed E-state index contributed by atoms with van der Waals surface area (Å²) in [6.07, 6.45) is 5.96. The largest absolute Gasteiger partial charge is 0.396 e. The summed E-state index contributed by atoms with van der Waals surface area (Å²) < 4.78 is 0. The van der Waals surface area contributed by atoms with E-state index in [2.05, 4.69) is 48.5 Å². The number of nitrogens with zero attached hydrogens (tertiary/aromatic N) is 6. The molecular formula is C25H30N8O2. The number of fused-ring (bicyclic) bond motifs is 1. The van der Waals surface area contributed by atoms with Crippen LogP contribution in [0.5, 0.6) is 0 Å². The van der Waals surface area contributed by atoms with Gasteiger partial charge in [-0.1, -0.05) is 0 Å². The Morgan fingerprint density at radius 1 is 1.03 bits per heavy atom. The topological polar surface area (TPSA) is 134 Å². The van der Waals surface area contributed by atoms with Gasteiger partial charge >= 0.3 is 0 Å². The molecule has 1 aromatic carbocycles. The monoisotopic (exact) mass is 474 g/mol. The molecule has 2 aliphatic heterocycles. The van der Waals surface area contributed by atoms with Crippen LogP contribution < -0.4 is 20.7 Å². The highest BCUT2D eigenvalue weighted by atomic mass is 16.3. The van der Waals surface area contributed by atoms with Gasteiger partial charge in [0.05, 0.1) is 12.3 Å². The second kappa shape index (κ2) is 10.3. The lowest BCUT2D eigenvalue weighted by Gasteiger charge is -2.33. The number of rotatable bonds is 6. The minimum absolute atomic E-state index is 0.262. The number of nitriles is 1. The van der Waals surface area contributed by atoms with Gasteiger partial charge < -0.3 is 20.2 Å². The lowest BCUT2D eigenvalue weighted by atomic mass is 9.94. The van der Waals surface area contributed by atoms with Crippen LogP contribution in [0.2, 0.25) is 0 Å². The van der Waals surface area contributed by atoms with E-state index in [4.69, 9.17) is 10.2 Å². The van der Waals surface area contributed by atoms with Crippen molar-refractivity contribution in [1.82, 2.24) is 20.2 Å². The van der Waals surface area contributed by atoms with E-state index >= 15 is 0 Å². The van der Waals surface area contributed by atoms with Gasteiger partial charge in [-0.3, -0.25) is 4.79 Å². The summed E-state index contributed by atoms with van der Waals surface area (Å²) in [4.78, 5) is 26.4. The van der Waals surface area contributed by atoms with Crippen molar-refractivity contribution in [2.24, 2.45) is 11.8 Å². The summed E-state index contributed by atoms with van der Waals surface area (Å²) in [6.45, 7) is 3.68. The number of anilines is 4. The molecule has 2 saturated heterocycles. The van der Waals surface area contributed by atoms with E-state index in [0.717, 1.165) is 63.2 Å². The number of hydrogen-bond acceptors (Lipinski definition) is 9. The quantitative estimate of drug-likeness (QED) is 0.493. The normalized spacial score (nSPS) is 17.5. The van der Waals surface area contributed by atoms with E-state index in [1.807, 2.05) is 12.1 Å². The second-order valence-corrected chi connectivity index (χ2v) is 9.41. The van der Waals surface area contributed by atoms with Crippen molar-refractivity contribution in [3.8, 4) is 6.07 Å². The number of piperidine rings is 2. The molecule has 182 valence electrons. The Balaban J connectivity index is 1.38. The van der Waals surface area contributed by atoms with Crippen LogP contribution in [-0.2, 0) is 0 Å². The van der Waals surface area contributed by atoms with Gasteiger partial charge in [0.2, 0.25) is 5.95 Å². The number of hydrogen-bond donors (Lipinski definition) is 3. The zero-order chi connectivity index (χ0) is 24.2. The lowest BCUT2D eigenvalue weighted by molar-refractivity contribution is 0.203. The Bertz CT molecular complexity index is 1250. The smallest absolute Gasteiger partial charge is 0.277 e. The molecule has 2 aromatic heterocycles. The first-order chi connectivity index (χ1) is 17.1. The standard InChI is InChI=1S/C25H30N8O2/c26-10-5-17-6-13-33(14-7-17)25-29-21-15-27-31-24(35)22(21)23(30-25)28-19-1-3-20(4-2-19)32-11-8-18(16-34)9-12-32/h1-4,15,17-18,34H,5-9,11-14,16H2,(H,31,35)(H,28,29,30). The number of H-pyrrole nitrogens is 1. The van der Waals surface area contributed by atoms with Crippen molar-refractivity contribution in [2.75, 3.05) is 47.9 Å². The molecule has 0 bridgehead atoms. The highest BCUT2D eigenvalue weighted by Crippen LogP contribution is 2.29. The first-order valence-electron chi connectivity index (χ1n) is 12.2. The lowest BCUT2D eigenvalue weighted by Crippen LogP contribution is -2.35. The van der Waals surface area contributed by atoms with Crippen LogP contribution in [0, 0.1) is 23.2 Å². The van der Waals surface area contributed by atoms with Crippen LogP contribution in [0.3, 0.4) is 0 Å². The Labute approximate surface area is 203 Å². The number of aliphatic hydroxyl groups is 1. The minimum Gasteiger partial charge on any atom is -0.396 e. The first kappa shape index (κ1) is 23.1. The zero-order valence-electron chi connectivity index (χ0n) is 19.7. The van der Waals surface area contributed by atoms with Gasteiger partial charge in [-0.05, 0) is 61.8 Å². The van der Waals surface area contributed by atoms with Gasteiger partial charge in [-0.2, -0.15) is 15.3 Å². The average molecular weight is 475 g/mol. The number of aromatic nitrogens is 4. The van der Waals surface area contributed by atoms with E-state index in [9.17, 15) is 9.90 Å². The van der Waals surface area contributed by atoms with Crippen LogP contribution in [0.15, 0.2) is 35.3 Å². The molecule has 10 nitrogen and oxygen atoms in total. The predicted octanol–water partition coefficient (Wildman–Crippen LogP) is 2.80. The molecule has 0 radical (unpaired) electrons. The second-order valence-electron chi connectivity index (χ2n) is 9.41. The molecule has 5 rings (SSSR count). The number of aliphatic hydroxyl groups excluding tert-OH is 1. The SMILES string of the molecule is N#CCC1CCN(c2nc(Nc3ccc(N4CCC(CO)CC4)cc3)c3c(=O)[nH]ncc3n2)CC1. The zero-order valence-corrected chi connectivity index (χ0v) is 19.7. The van der Waals surface area contributed by atoms with E-state index in [1.54, 1.807) is 6.20 Å². The Morgan fingerprint density at radius 2 is 1.71 bits per heavy atom. The molecule has 0 aliphatic carbocycles. The van der Waals surface area contributed by atoms with Crippen LogP contribution in [-0.4, -0.2) is 58.1 Å². The van der Waals surface area contributed by atoms with Crippen molar-refractivity contribution < 1.29 is 5.11 Å². The van der Waals surface area contributed by atoms with Gasteiger partial charge in [-0.15, -0.1) is 0 Å². The number of aromatic amines is 1. The molecule has 10 heteroatoms. The van der Waals surface area contributed by atoms with Crippen LogP contribution in [0.4, 0.5) is 23.1 Å². The average Bonchev–Trinajstić information content (AvgIpc) is 2.90. The van der Waals surface area contributed by atoms with Gasteiger partial charge in [0.15, 0.2) is 0 Å².